The molecule has 0 rings (SSSR count). The molecule has 0 saturated heterocycles. The Balaban J connectivity index is 5.29. The SMILES string of the molecule is C=C/C=C/CC(CC=C)(C(=O)OC)C(=O)OC. The quantitative estimate of drug-likeness (QED) is 0.295. The Hall–Kier alpha value is -1.84. The molecule has 0 saturated carbocycles. The minimum atomic E-state index is -1.36. The van der Waals surface area contributed by atoms with Crippen molar-refractivity contribution in [3.8, 4) is 0 Å². The molecule has 0 aliphatic carbocycles. The van der Waals surface area contributed by atoms with Crippen molar-refractivity contribution in [2.45, 2.75) is 12.8 Å². The minimum Gasteiger partial charge on any atom is -0.468 e. The van der Waals surface area contributed by atoms with E-state index in [2.05, 4.69) is 22.6 Å². The number of rotatable bonds is 7. The Morgan fingerprint density at radius 2 is 1.65 bits per heavy atom. The molecule has 0 radical (unpaired) electrons. The molecule has 0 aliphatic rings. The van der Waals surface area contributed by atoms with Gasteiger partial charge in [0.2, 0.25) is 0 Å². The van der Waals surface area contributed by atoms with Crippen molar-refractivity contribution in [2.24, 2.45) is 5.41 Å². The minimum absolute atomic E-state index is 0.161. The molecule has 17 heavy (non-hydrogen) atoms. The molecule has 0 spiro atoms. The molecule has 0 unspecified atom stereocenters. The number of esters is 2. The molecular formula is C13H18O4. The van der Waals surface area contributed by atoms with Crippen LogP contribution >= 0.6 is 0 Å². The van der Waals surface area contributed by atoms with Crippen LogP contribution in [0.2, 0.25) is 0 Å². The standard InChI is InChI=1S/C13H18O4/c1-5-7-8-10-13(9-6-2,11(14)16-3)12(15)17-4/h5-8H,1-2,9-10H2,3-4H3/b8-7+. The van der Waals surface area contributed by atoms with E-state index in [9.17, 15) is 9.59 Å². The van der Waals surface area contributed by atoms with Crippen LogP contribution in [0.3, 0.4) is 0 Å². The van der Waals surface area contributed by atoms with Crippen LogP contribution in [0.25, 0.3) is 0 Å². The van der Waals surface area contributed by atoms with Crippen molar-refractivity contribution in [3.05, 3.63) is 37.5 Å². The number of methoxy groups -OCH3 is 2. The Labute approximate surface area is 102 Å². The van der Waals surface area contributed by atoms with E-state index >= 15 is 0 Å². The van der Waals surface area contributed by atoms with Gasteiger partial charge in [0.05, 0.1) is 14.2 Å². The summed E-state index contributed by atoms with van der Waals surface area (Å²) in [6.45, 7) is 7.06. The van der Waals surface area contributed by atoms with Crippen molar-refractivity contribution < 1.29 is 19.1 Å². The van der Waals surface area contributed by atoms with Crippen LogP contribution < -0.4 is 0 Å². The van der Waals surface area contributed by atoms with Gasteiger partial charge in [-0.25, -0.2) is 0 Å². The lowest BCUT2D eigenvalue weighted by atomic mass is 9.81. The molecular weight excluding hydrogens is 220 g/mol. The topological polar surface area (TPSA) is 52.6 Å². The molecule has 4 nitrogen and oxygen atoms in total. The average molecular weight is 238 g/mol. The molecule has 0 fully saturated rings. The van der Waals surface area contributed by atoms with Gasteiger partial charge in [-0.1, -0.05) is 30.9 Å². The summed E-state index contributed by atoms with van der Waals surface area (Å²) >= 11 is 0. The summed E-state index contributed by atoms with van der Waals surface area (Å²) in [4.78, 5) is 23.6. The molecule has 0 aromatic heterocycles. The molecule has 0 aromatic rings. The first-order chi connectivity index (χ1) is 8.08. The third-order valence-electron chi connectivity index (χ3n) is 2.38. The predicted molar refractivity (Wildman–Crippen MR) is 65.2 cm³/mol. The molecule has 0 heterocycles. The summed E-state index contributed by atoms with van der Waals surface area (Å²) in [6, 6.07) is 0. The maximum atomic E-state index is 11.8. The monoisotopic (exact) mass is 238 g/mol. The zero-order chi connectivity index (χ0) is 13.3. The summed E-state index contributed by atoms with van der Waals surface area (Å²) in [5, 5.41) is 0. The van der Waals surface area contributed by atoms with Crippen molar-refractivity contribution >= 4 is 11.9 Å². The molecule has 4 heteroatoms. The smallest absolute Gasteiger partial charge is 0.323 e. The zero-order valence-corrected chi connectivity index (χ0v) is 10.3. The van der Waals surface area contributed by atoms with Gasteiger partial charge in [-0.3, -0.25) is 9.59 Å². The van der Waals surface area contributed by atoms with Gasteiger partial charge in [-0.2, -0.15) is 0 Å². The van der Waals surface area contributed by atoms with E-state index in [0.717, 1.165) is 0 Å². The highest BCUT2D eigenvalue weighted by atomic mass is 16.5. The van der Waals surface area contributed by atoms with E-state index in [1.165, 1.54) is 20.3 Å². The normalized spacial score (nSPS) is 10.9. The first kappa shape index (κ1) is 15.2. The van der Waals surface area contributed by atoms with Crippen molar-refractivity contribution in [3.63, 3.8) is 0 Å². The molecule has 0 bridgehead atoms. The number of carbonyl (C=O) groups excluding carboxylic acids is 2. The van der Waals surface area contributed by atoms with Crippen LogP contribution in [0.4, 0.5) is 0 Å². The number of hydrogen-bond acceptors (Lipinski definition) is 4. The van der Waals surface area contributed by atoms with E-state index in [-0.39, 0.29) is 12.8 Å². The maximum Gasteiger partial charge on any atom is 0.323 e. The summed E-state index contributed by atoms with van der Waals surface area (Å²) < 4.78 is 9.35. The Kier molecular flexibility index (Phi) is 6.63. The fourth-order valence-corrected chi connectivity index (χ4v) is 1.50. The molecule has 0 aliphatic heterocycles. The van der Waals surface area contributed by atoms with Crippen LogP contribution in [0.1, 0.15) is 12.8 Å². The van der Waals surface area contributed by atoms with Crippen LogP contribution in [0.15, 0.2) is 37.5 Å². The first-order valence-corrected chi connectivity index (χ1v) is 5.14. The highest BCUT2D eigenvalue weighted by molar-refractivity contribution is 6.00. The lowest BCUT2D eigenvalue weighted by Crippen LogP contribution is -2.40. The third kappa shape index (κ3) is 3.59. The summed E-state index contributed by atoms with van der Waals surface area (Å²) in [7, 11) is 2.47. The van der Waals surface area contributed by atoms with Gasteiger partial charge in [-0.15, -0.1) is 6.58 Å². The van der Waals surface area contributed by atoms with Crippen LogP contribution in [-0.2, 0) is 19.1 Å². The maximum absolute atomic E-state index is 11.8. The molecule has 0 aromatic carbocycles. The fourth-order valence-electron chi connectivity index (χ4n) is 1.50. The molecule has 0 N–H and O–H groups in total. The van der Waals surface area contributed by atoms with Crippen LogP contribution in [0, 0.1) is 5.41 Å². The van der Waals surface area contributed by atoms with Gasteiger partial charge in [0.1, 0.15) is 0 Å². The average Bonchev–Trinajstić information content (AvgIpc) is 2.35. The van der Waals surface area contributed by atoms with Crippen LogP contribution in [-0.4, -0.2) is 26.2 Å². The van der Waals surface area contributed by atoms with E-state index in [1.807, 2.05) is 0 Å². The molecule has 0 amide bonds. The molecule has 94 valence electrons. The van der Waals surface area contributed by atoms with Gasteiger partial charge in [-0.05, 0) is 12.8 Å². The van der Waals surface area contributed by atoms with E-state index in [4.69, 9.17) is 0 Å². The van der Waals surface area contributed by atoms with Gasteiger partial charge >= 0.3 is 11.9 Å². The van der Waals surface area contributed by atoms with Crippen molar-refractivity contribution in [2.75, 3.05) is 14.2 Å². The number of hydrogen-bond donors (Lipinski definition) is 0. The number of ether oxygens (including phenoxy) is 2. The van der Waals surface area contributed by atoms with Gasteiger partial charge in [0, 0.05) is 0 Å². The second-order valence-corrected chi connectivity index (χ2v) is 3.43. The van der Waals surface area contributed by atoms with Gasteiger partial charge < -0.3 is 9.47 Å². The van der Waals surface area contributed by atoms with Gasteiger partial charge in [0.15, 0.2) is 5.41 Å². The second-order valence-electron chi connectivity index (χ2n) is 3.43. The zero-order valence-electron chi connectivity index (χ0n) is 10.3. The predicted octanol–water partition coefficient (Wildman–Crippen LogP) is 2.03. The summed E-state index contributed by atoms with van der Waals surface area (Å²) in [5.74, 6) is -1.25. The summed E-state index contributed by atoms with van der Waals surface area (Å²) in [5.41, 5.74) is -1.36. The third-order valence-corrected chi connectivity index (χ3v) is 2.38. The largest absolute Gasteiger partial charge is 0.468 e. The van der Waals surface area contributed by atoms with Crippen LogP contribution in [0.5, 0.6) is 0 Å². The molecule has 0 atom stereocenters. The Morgan fingerprint density at radius 3 is 2.00 bits per heavy atom. The highest BCUT2D eigenvalue weighted by Gasteiger charge is 2.46. The van der Waals surface area contributed by atoms with Gasteiger partial charge in [0.25, 0.3) is 0 Å². The highest BCUT2D eigenvalue weighted by Crippen LogP contribution is 2.31. The lowest BCUT2D eigenvalue weighted by molar-refractivity contribution is -0.168. The van der Waals surface area contributed by atoms with E-state index in [0.29, 0.717) is 0 Å². The van der Waals surface area contributed by atoms with Crippen molar-refractivity contribution in [1.82, 2.24) is 0 Å². The Morgan fingerprint density at radius 1 is 1.12 bits per heavy atom. The fraction of sp³-hybridized carbons (Fsp3) is 0.385. The van der Waals surface area contributed by atoms with Crippen molar-refractivity contribution in [1.29, 1.82) is 0 Å². The summed E-state index contributed by atoms with van der Waals surface area (Å²) in [6.07, 6.45) is 6.73. The van der Waals surface area contributed by atoms with E-state index in [1.54, 1.807) is 18.2 Å². The van der Waals surface area contributed by atoms with E-state index < -0.39 is 17.4 Å². The number of carbonyl (C=O) groups is 2. The first-order valence-electron chi connectivity index (χ1n) is 5.14. The number of allylic oxidation sites excluding steroid dienone is 4. The second kappa shape index (κ2) is 7.44. The lowest BCUT2D eigenvalue weighted by Gasteiger charge is -2.25. The Bertz CT molecular complexity index is 312.